The van der Waals surface area contributed by atoms with E-state index in [0.29, 0.717) is 17.2 Å². The molecule has 0 aliphatic carbocycles. The molecule has 0 bridgehead atoms. The minimum Gasteiger partial charge on any atom is -0.483 e. The van der Waals surface area contributed by atoms with Gasteiger partial charge in [-0.1, -0.05) is 11.6 Å². The van der Waals surface area contributed by atoms with E-state index in [2.05, 4.69) is 30.5 Å². The first-order valence-electron chi connectivity index (χ1n) is 10.2. The Morgan fingerprint density at radius 3 is 2.61 bits per heavy atom. The van der Waals surface area contributed by atoms with Crippen molar-refractivity contribution in [3.63, 3.8) is 0 Å². The van der Waals surface area contributed by atoms with Gasteiger partial charge in [-0.05, 0) is 34.7 Å². The smallest absolute Gasteiger partial charge is 0.257 e. The highest BCUT2D eigenvalue weighted by molar-refractivity contribution is 7.92. The summed E-state index contributed by atoms with van der Waals surface area (Å²) in [4.78, 5) is 17.1. The summed E-state index contributed by atoms with van der Waals surface area (Å²) in [6.07, 6.45) is 3.61. The number of tetrazole rings is 1. The van der Waals surface area contributed by atoms with Gasteiger partial charge in [0.15, 0.2) is 11.6 Å². The van der Waals surface area contributed by atoms with E-state index < -0.39 is 21.7 Å². The number of carbonyl (C=O) groups excluding carboxylic acids is 1. The van der Waals surface area contributed by atoms with Crippen LogP contribution in [0.5, 0.6) is 5.75 Å². The maximum Gasteiger partial charge on any atom is 0.257 e. The zero-order valence-electron chi connectivity index (χ0n) is 19.2. The Labute approximate surface area is 210 Å². The fourth-order valence-electron chi connectivity index (χ4n) is 3.30. The third kappa shape index (κ3) is 5.95. The molecule has 3 heterocycles. The molecule has 1 aromatic carbocycles. The van der Waals surface area contributed by atoms with Crippen LogP contribution in [0.25, 0.3) is 11.4 Å². The van der Waals surface area contributed by atoms with Crippen LogP contribution in [0.15, 0.2) is 42.7 Å². The van der Waals surface area contributed by atoms with Gasteiger partial charge >= 0.3 is 0 Å². The lowest BCUT2D eigenvalue weighted by molar-refractivity contribution is 0.102. The third-order valence-electron chi connectivity index (χ3n) is 4.85. The van der Waals surface area contributed by atoms with Crippen LogP contribution in [-0.2, 0) is 30.7 Å². The number of benzene rings is 1. The van der Waals surface area contributed by atoms with E-state index in [1.54, 1.807) is 30.9 Å². The number of aryl methyl sites for hydroxylation is 2. The molecule has 2 N–H and O–H groups in total. The summed E-state index contributed by atoms with van der Waals surface area (Å²) in [6, 6.07) is 7.07. The number of nitrogens with one attached hydrogen (secondary N) is 2. The Balaban J connectivity index is 1.58. The van der Waals surface area contributed by atoms with E-state index in [-0.39, 0.29) is 34.3 Å². The van der Waals surface area contributed by atoms with Crippen LogP contribution in [0.4, 0.5) is 15.8 Å². The van der Waals surface area contributed by atoms with E-state index >= 15 is 0 Å². The molecule has 0 fully saturated rings. The van der Waals surface area contributed by atoms with E-state index in [1.807, 2.05) is 0 Å². The summed E-state index contributed by atoms with van der Waals surface area (Å²) in [6.45, 7) is -0.0297. The molecule has 0 unspecified atom stereocenters. The van der Waals surface area contributed by atoms with Crippen molar-refractivity contribution in [2.24, 2.45) is 14.1 Å². The maximum absolute atomic E-state index is 13.9. The molecule has 0 aliphatic heterocycles. The van der Waals surface area contributed by atoms with E-state index in [0.717, 1.165) is 12.5 Å². The summed E-state index contributed by atoms with van der Waals surface area (Å²) in [7, 11) is -0.196. The normalized spacial score (nSPS) is 11.4. The minimum absolute atomic E-state index is 0.0297. The van der Waals surface area contributed by atoms with Crippen LogP contribution >= 0.6 is 11.6 Å². The molecule has 4 rings (SSSR count). The highest BCUT2D eigenvalue weighted by Crippen LogP contribution is 2.31. The van der Waals surface area contributed by atoms with Gasteiger partial charge in [-0.15, -0.1) is 5.10 Å². The lowest BCUT2D eigenvalue weighted by atomic mass is 10.2. The predicted molar refractivity (Wildman–Crippen MR) is 130 cm³/mol. The fourth-order valence-corrected chi connectivity index (χ4v) is 4.08. The number of aromatic nitrogens is 6. The van der Waals surface area contributed by atoms with Crippen LogP contribution in [0, 0.1) is 5.82 Å². The Morgan fingerprint density at radius 2 is 1.92 bits per heavy atom. The van der Waals surface area contributed by atoms with E-state index in [1.165, 1.54) is 28.9 Å². The Bertz CT molecular complexity index is 1550. The summed E-state index contributed by atoms with van der Waals surface area (Å²) in [5.74, 6) is -0.531. The number of hydrogen-bond acceptors (Lipinski definition) is 8. The molecule has 1 amide bonds. The largest absolute Gasteiger partial charge is 0.483 e. The average molecular weight is 535 g/mol. The Hall–Kier alpha value is -4.04. The number of pyridine rings is 1. The molecule has 0 saturated heterocycles. The van der Waals surface area contributed by atoms with Gasteiger partial charge < -0.3 is 14.6 Å². The van der Waals surface area contributed by atoms with Crippen LogP contribution in [-0.4, -0.2) is 50.3 Å². The van der Waals surface area contributed by atoms with Crippen LogP contribution < -0.4 is 14.8 Å². The third-order valence-corrected chi connectivity index (χ3v) is 5.68. The number of sulfonamides is 1. The lowest BCUT2D eigenvalue weighted by Crippen LogP contribution is -2.13. The highest BCUT2D eigenvalue weighted by atomic mass is 35.5. The van der Waals surface area contributed by atoms with Crippen molar-refractivity contribution in [3.05, 3.63) is 65.0 Å². The van der Waals surface area contributed by atoms with Gasteiger partial charge in [0.25, 0.3) is 5.91 Å². The molecule has 36 heavy (non-hydrogen) atoms. The van der Waals surface area contributed by atoms with E-state index in [4.69, 9.17) is 16.3 Å². The molecular weight excluding hydrogens is 515 g/mol. The predicted octanol–water partition coefficient (Wildman–Crippen LogP) is 2.61. The first-order valence-corrected chi connectivity index (χ1v) is 12.5. The van der Waals surface area contributed by atoms with Crippen molar-refractivity contribution >= 4 is 38.9 Å². The van der Waals surface area contributed by atoms with Gasteiger partial charge in [-0.3, -0.25) is 9.52 Å². The summed E-state index contributed by atoms with van der Waals surface area (Å²) < 4.78 is 48.1. The van der Waals surface area contributed by atoms with Crippen molar-refractivity contribution < 1.29 is 22.3 Å². The summed E-state index contributed by atoms with van der Waals surface area (Å²) in [5.41, 5.74) is 1.53. The zero-order valence-corrected chi connectivity index (χ0v) is 20.8. The molecule has 12 nitrogen and oxygen atoms in total. The van der Waals surface area contributed by atoms with Crippen LogP contribution in [0.3, 0.4) is 0 Å². The number of rotatable bonds is 8. The van der Waals surface area contributed by atoms with Crippen molar-refractivity contribution in [2.45, 2.75) is 6.61 Å². The second-order valence-corrected chi connectivity index (χ2v) is 9.97. The van der Waals surface area contributed by atoms with Gasteiger partial charge in [0.2, 0.25) is 10.0 Å². The topological polar surface area (TPSA) is 146 Å². The SMILES string of the molecule is Cn1cc(C(=O)Nc2cc(Cl)cc(NS(C)(=O)=O)c2)cc1-c1ncc(F)cc1OCc1nnnn1C. The second-order valence-electron chi connectivity index (χ2n) is 7.79. The first-order chi connectivity index (χ1) is 17.0. The minimum atomic E-state index is -3.54. The molecule has 3 aromatic heterocycles. The van der Waals surface area contributed by atoms with Gasteiger partial charge in [0.05, 0.1) is 29.4 Å². The highest BCUT2D eigenvalue weighted by Gasteiger charge is 2.18. The number of hydrogen-bond donors (Lipinski definition) is 2. The Kier molecular flexibility index (Phi) is 6.90. The van der Waals surface area contributed by atoms with Crippen molar-refractivity contribution in [2.75, 3.05) is 16.3 Å². The van der Waals surface area contributed by atoms with Gasteiger partial charge in [-0.25, -0.2) is 22.5 Å². The monoisotopic (exact) mass is 534 g/mol. The number of amides is 1. The van der Waals surface area contributed by atoms with Crippen molar-refractivity contribution in [1.29, 1.82) is 0 Å². The van der Waals surface area contributed by atoms with Gasteiger partial charge in [0, 0.05) is 37.1 Å². The standard InChI is InChI=1S/C21H20ClFN8O4S/c1-30-10-12(21(32)25-15-5-13(22)6-16(8-15)27-36(3,33)34)4-17(30)20-18(7-14(23)9-24-20)35-11-19-26-28-29-31(19)2/h4-10,27H,11H2,1-3H3,(H,25,32). The van der Waals surface area contributed by atoms with Crippen molar-refractivity contribution in [1.82, 2.24) is 29.8 Å². The molecule has 0 saturated carbocycles. The second kappa shape index (κ2) is 9.91. The molecule has 4 aromatic rings. The van der Waals surface area contributed by atoms with Crippen LogP contribution in [0.1, 0.15) is 16.2 Å². The number of ether oxygens (including phenoxy) is 1. The van der Waals surface area contributed by atoms with Gasteiger partial charge in [0.1, 0.15) is 18.1 Å². The first kappa shape index (κ1) is 25.1. The average Bonchev–Trinajstić information content (AvgIpc) is 3.36. The fraction of sp³-hybridized carbons (Fsp3) is 0.190. The van der Waals surface area contributed by atoms with Crippen LogP contribution in [0.2, 0.25) is 5.02 Å². The molecule has 188 valence electrons. The number of halogens is 2. The zero-order chi connectivity index (χ0) is 26.0. The molecule has 0 aliphatic rings. The molecule has 0 atom stereocenters. The molecule has 0 spiro atoms. The lowest BCUT2D eigenvalue weighted by Gasteiger charge is -2.11. The number of anilines is 2. The van der Waals surface area contributed by atoms with Crippen molar-refractivity contribution in [3.8, 4) is 17.1 Å². The summed E-state index contributed by atoms with van der Waals surface area (Å²) >= 11 is 6.07. The quantitative estimate of drug-likeness (QED) is 0.351. The molecule has 0 radical (unpaired) electrons. The summed E-state index contributed by atoms with van der Waals surface area (Å²) in [5, 5.41) is 14.0. The van der Waals surface area contributed by atoms with Gasteiger partial charge in [-0.2, -0.15) is 0 Å². The maximum atomic E-state index is 13.9. The molecular formula is C21H20ClFN8O4S. The number of carbonyl (C=O) groups is 1. The molecule has 15 heteroatoms. The Morgan fingerprint density at radius 1 is 1.17 bits per heavy atom. The van der Waals surface area contributed by atoms with E-state index in [9.17, 15) is 17.6 Å². The number of nitrogens with zero attached hydrogens (tertiary/aromatic N) is 6.